The Kier molecular flexibility index (Phi) is 1.67. The SMILES string of the molecule is N#CCc1[nH]cnc1C#N. The zero-order valence-electron chi connectivity index (χ0n) is 5.13. The third kappa shape index (κ3) is 0.958. The van der Waals surface area contributed by atoms with E-state index in [9.17, 15) is 0 Å². The van der Waals surface area contributed by atoms with Crippen LogP contribution in [0.3, 0.4) is 0 Å². The first kappa shape index (κ1) is 6.31. The van der Waals surface area contributed by atoms with Gasteiger partial charge in [0.25, 0.3) is 0 Å². The largest absolute Gasteiger partial charge is 0.346 e. The van der Waals surface area contributed by atoms with Crippen molar-refractivity contribution in [2.45, 2.75) is 6.42 Å². The van der Waals surface area contributed by atoms with Gasteiger partial charge in [-0.25, -0.2) is 4.98 Å². The monoisotopic (exact) mass is 132 g/mol. The maximum Gasteiger partial charge on any atom is 0.162 e. The van der Waals surface area contributed by atoms with Gasteiger partial charge in [0.1, 0.15) is 6.07 Å². The first-order valence-corrected chi connectivity index (χ1v) is 2.67. The first-order chi connectivity index (χ1) is 4.88. The third-order valence-electron chi connectivity index (χ3n) is 1.08. The Bertz CT molecular complexity index is 298. The molecule has 0 unspecified atom stereocenters. The second-order valence-corrected chi connectivity index (χ2v) is 1.68. The molecule has 48 valence electrons. The number of hydrogen-bond donors (Lipinski definition) is 1. The second kappa shape index (κ2) is 2.65. The van der Waals surface area contributed by atoms with Crippen LogP contribution < -0.4 is 0 Å². The molecule has 10 heavy (non-hydrogen) atoms. The second-order valence-electron chi connectivity index (χ2n) is 1.68. The van der Waals surface area contributed by atoms with Crippen molar-refractivity contribution in [2.24, 2.45) is 0 Å². The van der Waals surface area contributed by atoms with E-state index in [4.69, 9.17) is 10.5 Å². The molecular weight excluding hydrogens is 128 g/mol. The summed E-state index contributed by atoms with van der Waals surface area (Å²) in [5, 5.41) is 16.6. The van der Waals surface area contributed by atoms with E-state index < -0.39 is 0 Å². The molecule has 0 bridgehead atoms. The number of nitriles is 2. The molecule has 0 saturated heterocycles. The average Bonchev–Trinajstić information content (AvgIpc) is 2.36. The molecule has 1 aromatic heterocycles. The summed E-state index contributed by atoms with van der Waals surface area (Å²) in [6.07, 6.45) is 1.62. The molecule has 0 radical (unpaired) electrons. The van der Waals surface area contributed by atoms with Crippen molar-refractivity contribution in [1.29, 1.82) is 10.5 Å². The highest BCUT2D eigenvalue weighted by Crippen LogP contribution is 1.99. The molecule has 1 N–H and O–H groups in total. The first-order valence-electron chi connectivity index (χ1n) is 2.67. The number of hydrogen-bond acceptors (Lipinski definition) is 3. The summed E-state index contributed by atoms with van der Waals surface area (Å²) >= 11 is 0. The van der Waals surface area contributed by atoms with Crippen LogP contribution in [0.4, 0.5) is 0 Å². The van der Waals surface area contributed by atoms with Crippen molar-refractivity contribution >= 4 is 0 Å². The predicted octanol–water partition coefficient (Wildman–Crippen LogP) is 0.347. The van der Waals surface area contributed by atoms with Crippen LogP contribution >= 0.6 is 0 Å². The van der Waals surface area contributed by atoms with Crippen LogP contribution in [0.5, 0.6) is 0 Å². The predicted molar refractivity (Wildman–Crippen MR) is 32.6 cm³/mol. The molecule has 0 aliphatic carbocycles. The topological polar surface area (TPSA) is 76.3 Å². The van der Waals surface area contributed by atoms with Gasteiger partial charge in [-0.15, -0.1) is 0 Å². The van der Waals surface area contributed by atoms with Crippen molar-refractivity contribution in [1.82, 2.24) is 9.97 Å². The number of nitrogens with one attached hydrogen (secondary N) is 1. The molecule has 0 spiro atoms. The summed E-state index contributed by atoms with van der Waals surface area (Å²) in [7, 11) is 0. The highest BCUT2D eigenvalue weighted by molar-refractivity contribution is 5.27. The van der Waals surface area contributed by atoms with Gasteiger partial charge >= 0.3 is 0 Å². The lowest BCUT2D eigenvalue weighted by molar-refractivity contribution is 1.14. The number of H-pyrrole nitrogens is 1. The van der Waals surface area contributed by atoms with E-state index in [1.54, 1.807) is 0 Å². The highest BCUT2D eigenvalue weighted by Gasteiger charge is 2.01. The zero-order chi connectivity index (χ0) is 7.40. The van der Waals surface area contributed by atoms with Gasteiger partial charge in [0.2, 0.25) is 0 Å². The lowest BCUT2D eigenvalue weighted by Crippen LogP contribution is -1.85. The maximum atomic E-state index is 8.39. The standard InChI is InChI=1S/C6H4N4/c7-2-1-5-6(3-8)10-4-9-5/h4H,1H2,(H,9,10). The molecule has 1 aromatic rings. The molecule has 0 fully saturated rings. The van der Waals surface area contributed by atoms with Gasteiger partial charge in [-0.05, 0) is 0 Å². The molecule has 0 atom stereocenters. The quantitative estimate of drug-likeness (QED) is 0.598. The summed E-state index contributed by atoms with van der Waals surface area (Å²) < 4.78 is 0. The van der Waals surface area contributed by atoms with Crippen LogP contribution in [0.1, 0.15) is 11.4 Å². The van der Waals surface area contributed by atoms with Crippen LogP contribution in [0.25, 0.3) is 0 Å². The molecule has 0 aromatic carbocycles. The van der Waals surface area contributed by atoms with Gasteiger partial charge < -0.3 is 4.98 Å². The molecule has 0 aliphatic heterocycles. The van der Waals surface area contributed by atoms with E-state index in [1.807, 2.05) is 12.1 Å². The van der Waals surface area contributed by atoms with Crippen LogP contribution in [-0.4, -0.2) is 9.97 Å². The van der Waals surface area contributed by atoms with Crippen LogP contribution in [0.2, 0.25) is 0 Å². The van der Waals surface area contributed by atoms with Crippen molar-refractivity contribution in [3.8, 4) is 12.1 Å². The van der Waals surface area contributed by atoms with E-state index in [-0.39, 0.29) is 6.42 Å². The number of rotatable bonds is 1. The minimum atomic E-state index is 0.211. The molecule has 0 aliphatic rings. The smallest absolute Gasteiger partial charge is 0.162 e. The maximum absolute atomic E-state index is 8.39. The molecule has 1 heterocycles. The fourth-order valence-electron chi connectivity index (χ4n) is 0.631. The highest BCUT2D eigenvalue weighted by atomic mass is 14.9. The van der Waals surface area contributed by atoms with Crippen LogP contribution in [0, 0.1) is 22.7 Å². The van der Waals surface area contributed by atoms with E-state index in [2.05, 4.69) is 9.97 Å². The Morgan fingerprint density at radius 3 is 3.00 bits per heavy atom. The van der Waals surface area contributed by atoms with Crippen molar-refractivity contribution in [2.75, 3.05) is 0 Å². The summed E-state index contributed by atoms with van der Waals surface area (Å²) in [6.45, 7) is 0. The van der Waals surface area contributed by atoms with E-state index in [1.165, 1.54) is 6.33 Å². The van der Waals surface area contributed by atoms with Gasteiger partial charge in [0.05, 0.1) is 24.5 Å². The lowest BCUT2D eigenvalue weighted by Gasteiger charge is -1.83. The normalized spacial score (nSPS) is 8.20. The van der Waals surface area contributed by atoms with Crippen LogP contribution in [-0.2, 0) is 6.42 Å². The van der Waals surface area contributed by atoms with Crippen molar-refractivity contribution in [3.63, 3.8) is 0 Å². The molecule has 0 amide bonds. The summed E-state index contributed by atoms with van der Waals surface area (Å²) in [6, 6.07) is 3.79. The Morgan fingerprint density at radius 1 is 1.60 bits per heavy atom. The molecular formula is C6H4N4. The molecule has 0 saturated carbocycles. The lowest BCUT2D eigenvalue weighted by atomic mass is 10.3. The third-order valence-corrected chi connectivity index (χ3v) is 1.08. The van der Waals surface area contributed by atoms with Crippen molar-refractivity contribution in [3.05, 3.63) is 17.7 Å². The Labute approximate surface area is 57.7 Å². The minimum Gasteiger partial charge on any atom is -0.346 e. The van der Waals surface area contributed by atoms with Gasteiger partial charge in [-0.2, -0.15) is 10.5 Å². The van der Waals surface area contributed by atoms with Gasteiger partial charge in [-0.1, -0.05) is 0 Å². The van der Waals surface area contributed by atoms with Crippen molar-refractivity contribution < 1.29 is 0 Å². The zero-order valence-corrected chi connectivity index (χ0v) is 5.13. The minimum absolute atomic E-state index is 0.211. The summed E-state index contributed by atoms with van der Waals surface area (Å²) in [5.74, 6) is 0. The van der Waals surface area contributed by atoms with E-state index in [0.29, 0.717) is 11.4 Å². The summed E-state index contributed by atoms with van der Waals surface area (Å²) in [4.78, 5) is 6.39. The Hall–Kier alpha value is -1.81. The molecule has 1 rings (SSSR count). The Balaban J connectivity index is 2.96. The number of nitrogens with zero attached hydrogens (tertiary/aromatic N) is 3. The van der Waals surface area contributed by atoms with E-state index >= 15 is 0 Å². The number of aromatic nitrogens is 2. The average molecular weight is 132 g/mol. The number of aromatic amines is 1. The Morgan fingerprint density at radius 2 is 2.40 bits per heavy atom. The van der Waals surface area contributed by atoms with Gasteiger partial charge in [0, 0.05) is 0 Å². The van der Waals surface area contributed by atoms with E-state index in [0.717, 1.165) is 0 Å². The summed E-state index contributed by atoms with van der Waals surface area (Å²) in [5.41, 5.74) is 0.895. The van der Waals surface area contributed by atoms with Gasteiger partial charge in [-0.3, -0.25) is 0 Å². The fourth-order valence-corrected chi connectivity index (χ4v) is 0.631. The van der Waals surface area contributed by atoms with Crippen LogP contribution in [0.15, 0.2) is 6.33 Å². The molecule has 4 heteroatoms. The molecule has 4 nitrogen and oxygen atoms in total. The van der Waals surface area contributed by atoms with Gasteiger partial charge in [0.15, 0.2) is 5.69 Å². The number of imidazole rings is 1. The fraction of sp³-hybridized carbons (Fsp3) is 0.167.